The van der Waals surface area contributed by atoms with Crippen LogP contribution in [0.2, 0.25) is 0 Å². The zero-order valence-electron chi connectivity index (χ0n) is 17.9. The molecule has 0 saturated heterocycles. The molecule has 2 amide bonds. The maximum atomic E-state index is 13.3. The number of carbonyl (C=O) groups is 2. The number of fused-ring (bicyclic) bond motifs is 1. The molecule has 2 aromatic carbocycles. The van der Waals surface area contributed by atoms with Gasteiger partial charge in [0.05, 0.1) is 33.7 Å². The van der Waals surface area contributed by atoms with Gasteiger partial charge < -0.3 is 20.8 Å². The fourth-order valence-corrected chi connectivity index (χ4v) is 4.31. The Balaban J connectivity index is 1.99. The maximum Gasteiger partial charge on any atom is 0.273 e. The molecule has 3 N–H and O–H groups in total. The number of benzene rings is 2. The van der Waals surface area contributed by atoms with Crippen LogP contribution in [0.25, 0.3) is 0 Å². The predicted octanol–water partition coefficient (Wildman–Crippen LogP) is 2.90. The molecule has 2 atom stereocenters. The van der Waals surface area contributed by atoms with Crippen molar-refractivity contribution in [2.75, 3.05) is 17.2 Å². The monoisotopic (exact) mass is 442 g/mol. The van der Waals surface area contributed by atoms with Crippen LogP contribution in [0.15, 0.2) is 58.5 Å². The van der Waals surface area contributed by atoms with Gasteiger partial charge >= 0.3 is 0 Å². The van der Waals surface area contributed by atoms with Gasteiger partial charge in [-0.05, 0) is 52.0 Å². The van der Waals surface area contributed by atoms with Gasteiger partial charge in [0.15, 0.2) is 11.0 Å². The van der Waals surface area contributed by atoms with Crippen molar-refractivity contribution in [2.24, 2.45) is 5.10 Å². The summed E-state index contributed by atoms with van der Waals surface area (Å²) >= 11 is 0. The molecule has 31 heavy (non-hydrogen) atoms. The molecule has 0 aliphatic carbocycles. The van der Waals surface area contributed by atoms with Gasteiger partial charge in [-0.1, -0.05) is 24.3 Å². The number of hydrazone groups is 1. The fourth-order valence-electron chi connectivity index (χ4n) is 2.89. The summed E-state index contributed by atoms with van der Waals surface area (Å²) < 4.78 is 18.8. The van der Waals surface area contributed by atoms with Crippen LogP contribution in [0.4, 0.5) is 11.4 Å². The summed E-state index contributed by atoms with van der Waals surface area (Å²) in [6.45, 7) is 7.85. The Morgan fingerprint density at radius 2 is 1.84 bits per heavy atom. The molecule has 3 rings (SSSR count). The van der Waals surface area contributed by atoms with E-state index in [1.807, 2.05) is 27.7 Å². The Labute approximate surface area is 183 Å². The highest BCUT2D eigenvalue weighted by Gasteiger charge is 2.40. The average molecular weight is 443 g/mol. The topological polar surface area (TPSA) is 109 Å². The summed E-state index contributed by atoms with van der Waals surface area (Å²) in [7, 11) is -1.80. The van der Waals surface area contributed by atoms with Crippen molar-refractivity contribution < 1.29 is 18.5 Å². The second-order valence-corrected chi connectivity index (χ2v) is 9.41. The second kappa shape index (κ2) is 9.30. The summed E-state index contributed by atoms with van der Waals surface area (Å²) in [4.78, 5) is 26.5. The first-order valence-electron chi connectivity index (χ1n) is 9.89. The largest absolute Gasteiger partial charge is 0.492 e. The van der Waals surface area contributed by atoms with E-state index in [2.05, 4.69) is 21.2 Å². The minimum absolute atomic E-state index is 0.174. The zero-order valence-corrected chi connectivity index (χ0v) is 18.7. The molecular weight excluding hydrogens is 416 g/mol. The molecule has 2 unspecified atom stereocenters. The third-order valence-corrected chi connectivity index (χ3v) is 5.90. The normalized spacial score (nSPS) is 18.6. The number of hydrogen-bond donors (Lipinski definition) is 3. The van der Waals surface area contributed by atoms with Crippen LogP contribution < -0.4 is 20.8 Å². The molecule has 0 spiro atoms. The first-order chi connectivity index (χ1) is 14.7. The predicted molar refractivity (Wildman–Crippen MR) is 122 cm³/mol. The van der Waals surface area contributed by atoms with Gasteiger partial charge in [-0.25, -0.2) is 0 Å². The van der Waals surface area contributed by atoms with Crippen LogP contribution in [0.3, 0.4) is 0 Å². The Morgan fingerprint density at radius 1 is 1.16 bits per heavy atom. The van der Waals surface area contributed by atoms with Crippen molar-refractivity contribution in [1.82, 2.24) is 5.43 Å². The lowest BCUT2D eigenvalue weighted by Gasteiger charge is -2.26. The molecule has 0 saturated carbocycles. The van der Waals surface area contributed by atoms with Gasteiger partial charge in [0, 0.05) is 5.54 Å². The highest BCUT2D eigenvalue weighted by molar-refractivity contribution is 7.88. The average Bonchev–Trinajstić information content (AvgIpc) is 2.71. The van der Waals surface area contributed by atoms with Crippen molar-refractivity contribution in [3.63, 3.8) is 0 Å². The van der Waals surface area contributed by atoms with E-state index in [1.165, 1.54) is 0 Å². The number of nitrogens with one attached hydrogen (secondary N) is 3. The molecule has 1 aliphatic heterocycles. The highest BCUT2D eigenvalue weighted by atomic mass is 32.2. The second-order valence-electron chi connectivity index (χ2n) is 7.91. The SMILES string of the molecule is CCOc1ccccc1NC(=O)/C(=N/NC(C)(C)C)C1C(=O)Nc2ccccc2S1=O. The van der Waals surface area contributed by atoms with Crippen LogP contribution in [0, 0.1) is 0 Å². The molecule has 0 fully saturated rings. The Bertz CT molecular complexity index is 1050. The molecule has 164 valence electrons. The van der Waals surface area contributed by atoms with Crippen LogP contribution >= 0.6 is 0 Å². The van der Waals surface area contributed by atoms with Crippen LogP contribution in [-0.4, -0.2) is 39.1 Å². The minimum Gasteiger partial charge on any atom is -0.492 e. The molecule has 9 heteroatoms. The number of hydrogen-bond acceptors (Lipinski definition) is 6. The van der Waals surface area contributed by atoms with Gasteiger partial charge in [-0.3, -0.25) is 13.8 Å². The number of anilines is 2. The number of nitrogens with zero attached hydrogens (tertiary/aromatic N) is 1. The molecule has 0 bridgehead atoms. The van der Waals surface area contributed by atoms with Gasteiger partial charge in [0.1, 0.15) is 5.75 Å². The highest BCUT2D eigenvalue weighted by Crippen LogP contribution is 2.29. The van der Waals surface area contributed by atoms with E-state index >= 15 is 0 Å². The Hall–Kier alpha value is -3.20. The van der Waals surface area contributed by atoms with E-state index in [4.69, 9.17) is 4.74 Å². The molecule has 1 aliphatic rings. The Morgan fingerprint density at radius 3 is 2.55 bits per heavy atom. The van der Waals surface area contributed by atoms with Crippen molar-refractivity contribution >= 4 is 39.7 Å². The van der Waals surface area contributed by atoms with Crippen molar-refractivity contribution in [3.8, 4) is 5.75 Å². The third-order valence-electron chi connectivity index (χ3n) is 4.24. The van der Waals surface area contributed by atoms with Gasteiger partial charge in [-0.2, -0.15) is 5.10 Å². The molecular formula is C22H26N4O4S. The maximum absolute atomic E-state index is 13.3. The Kier molecular flexibility index (Phi) is 6.74. The van der Waals surface area contributed by atoms with E-state index in [1.54, 1.807) is 48.5 Å². The fraction of sp³-hybridized carbons (Fsp3) is 0.318. The van der Waals surface area contributed by atoms with E-state index < -0.39 is 33.4 Å². The lowest BCUT2D eigenvalue weighted by atomic mass is 10.1. The van der Waals surface area contributed by atoms with E-state index in [9.17, 15) is 13.8 Å². The number of carbonyl (C=O) groups excluding carboxylic acids is 2. The lowest BCUT2D eigenvalue weighted by molar-refractivity contribution is -0.116. The molecule has 2 aromatic rings. The van der Waals surface area contributed by atoms with E-state index in [-0.39, 0.29) is 5.71 Å². The quantitative estimate of drug-likeness (QED) is 0.471. The molecule has 0 aromatic heterocycles. The zero-order chi connectivity index (χ0) is 22.6. The lowest BCUT2D eigenvalue weighted by Crippen LogP contribution is -2.48. The van der Waals surface area contributed by atoms with E-state index in [0.717, 1.165) is 0 Å². The summed E-state index contributed by atoms with van der Waals surface area (Å²) in [5.41, 5.74) is 3.12. The van der Waals surface area contributed by atoms with Crippen LogP contribution in [0.5, 0.6) is 5.75 Å². The van der Waals surface area contributed by atoms with Crippen molar-refractivity contribution in [3.05, 3.63) is 48.5 Å². The summed E-state index contributed by atoms with van der Waals surface area (Å²) in [5, 5.41) is 8.42. The summed E-state index contributed by atoms with van der Waals surface area (Å²) in [6, 6.07) is 13.8. The summed E-state index contributed by atoms with van der Waals surface area (Å²) in [5.74, 6) is -0.711. The van der Waals surface area contributed by atoms with E-state index in [0.29, 0.717) is 28.6 Å². The number of amides is 2. The first kappa shape index (κ1) is 22.5. The number of ether oxygens (including phenoxy) is 1. The van der Waals surface area contributed by atoms with Gasteiger partial charge in [0.25, 0.3) is 5.91 Å². The standard InChI is InChI=1S/C22H26N4O4S/c1-5-30-16-12-8-6-10-14(16)23-20(27)18(25-26-22(2,3)4)19-21(28)24-15-11-7-9-13-17(15)31(19)29/h6-13,19,26H,5H2,1-4H3,(H,23,27)(H,24,28)/b25-18+. The van der Waals surface area contributed by atoms with Gasteiger partial charge in [0.2, 0.25) is 5.91 Å². The third kappa shape index (κ3) is 5.29. The van der Waals surface area contributed by atoms with Gasteiger partial charge in [-0.15, -0.1) is 0 Å². The molecule has 1 heterocycles. The molecule has 0 radical (unpaired) electrons. The first-order valence-corrected chi connectivity index (χ1v) is 11.1. The van der Waals surface area contributed by atoms with Crippen molar-refractivity contribution in [2.45, 2.75) is 43.4 Å². The van der Waals surface area contributed by atoms with Crippen LogP contribution in [-0.2, 0) is 20.4 Å². The summed E-state index contributed by atoms with van der Waals surface area (Å²) in [6.07, 6.45) is 0. The minimum atomic E-state index is -1.80. The molecule has 8 nitrogen and oxygen atoms in total. The number of rotatable bonds is 6. The van der Waals surface area contributed by atoms with Crippen LogP contribution in [0.1, 0.15) is 27.7 Å². The van der Waals surface area contributed by atoms with Crippen molar-refractivity contribution in [1.29, 1.82) is 0 Å². The smallest absolute Gasteiger partial charge is 0.273 e. The number of para-hydroxylation sites is 3.